The molecule has 4 rings (SSSR count). The lowest BCUT2D eigenvalue weighted by Crippen LogP contribution is -2.38. The molecule has 0 aliphatic carbocycles. The second kappa shape index (κ2) is 6.40. The molecule has 0 aliphatic heterocycles. The zero-order valence-electron chi connectivity index (χ0n) is 14.2. The maximum atomic E-state index is 4.73. The predicted octanol–water partition coefficient (Wildman–Crippen LogP) is 5.03. The highest BCUT2D eigenvalue weighted by Crippen LogP contribution is 2.40. The number of hydrogen-bond donors (Lipinski definition) is 0. The molecule has 1 aromatic heterocycles. The van der Waals surface area contributed by atoms with Crippen molar-refractivity contribution in [1.29, 1.82) is 0 Å². The van der Waals surface area contributed by atoms with E-state index in [-0.39, 0.29) is 0 Å². The van der Waals surface area contributed by atoms with E-state index < -0.39 is 5.54 Å². The second-order valence-electron chi connectivity index (χ2n) is 6.27. The minimum Gasteiger partial charge on any atom is -0.253 e. The van der Waals surface area contributed by atoms with Crippen LogP contribution in [-0.2, 0) is 5.54 Å². The van der Waals surface area contributed by atoms with E-state index in [1.165, 1.54) is 16.7 Å². The number of aryl methyl sites for hydroxylation is 1. The van der Waals surface area contributed by atoms with E-state index in [1.807, 2.05) is 6.20 Å². The molecule has 1 heterocycles. The topological polar surface area (TPSA) is 17.8 Å². The lowest BCUT2D eigenvalue weighted by molar-refractivity contribution is 0.460. The van der Waals surface area contributed by atoms with Gasteiger partial charge in [-0.25, -0.2) is 0 Å². The molecule has 0 N–H and O–H groups in total. The molecule has 0 atom stereocenters. The van der Waals surface area contributed by atoms with Gasteiger partial charge in [0.05, 0.1) is 6.20 Å². The third-order valence-electron chi connectivity index (χ3n) is 4.63. The summed E-state index contributed by atoms with van der Waals surface area (Å²) in [5, 5.41) is 4.73. The van der Waals surface area contributed by atoms with E-state index in [9.17, 15) is 0 Å². The van der Waals surface area contributed by atoms with E-state index in [1.54, 1.807) is 0 Å². The molecule has 122 valence electrons. The van der Waals surface area contributed by atoms with Gasteiger partial charge in [-0.1, -0.05) is 91.0 Å². The van der Waals surface area contributed by atoms with Gasteiger partial charge in [-0.15, -0.1) is 0 Å². The highest BCUT2D eigenvalue weighted by Gasteiger charge is 2.38. The fraction of sp³-hybridized carbons (Fsp3) is 0.0870. The lowest BCUT2D eigenvalue weighted by Gasteiger charge is -2.36. The Balaban J connectivity index is 2.12. The zero-order valence-corrected chi connectivity index (χ0v) is 14.2. The number of rotatable bonds is 4. The normalized spacial score (nSPS) is 11.4. The number of hydrogen-bond acceptors (Lipinski definition) is 1. The summed E-state index contributed by atoms with van der Waals surface area (Å²) in [5.41, 5.74) is 4.21. The first-order valence-corrected chi connectivity index (χ1v) is 8.50. The fourth-order valence-electron chi connectivity index (χ4n) is 3.53. The Hall–Kier alpha value is -3.13. The standard InChI is InChI=1S/C23H20N2/c1-19-17-24-25(18-19)23(20-11-5-2-6-12-20,21-13-7-3-8-14-21)22-15-9-4-10-16-22/h2-18H,1H3. The Morgan fingerprint density at radius 2 is 1.04 bits per heavy atom. The Morgan fingerprint density at radius 1 is 0.640 bits per heavy atom. The summed E-state index contributed by atoms with van der Waals surface area (Å²) in [7, 11) is 0. The van der Waals surface area contributed by atoms with Crippen LogP contribution in [0.1, 0.15) is 22.3 Å². The maximum Gasteiger partial charge on any atom is 0.137 e. The van der Waals surface area contributed by atoms with Crippen LogP contribution in [0, 0.1) is 6.92 Å². The number of benzene rings is 3. The molecule has 25 heavy (non-hydrogen) atoms. The average molecular weight is 324 g/mol. The van der Waals surface area contributed by atoms with Crippen molar-refractivity contribution in [2.24, 2.45) is 0 Å². The van der Waals surface area contributed by atoms with Crippen LogP contribution in [0.25, 0.3) is 0 Å². The second-order valence-corrected chi connectivity index (χ2v) is 6.27. The van der Waals surface area contributed by atoms with Gasteiger partial charge in [-0.3, -0.25) is 4.68 Å². The van der Waals surface area contributed by atoms with Crippen LogP contribution in [0.3, 0.4) is 0 Å². The summed E-state index contributed by atoms with van der Waals surface area (Å²) < 4.78 is 2.09. The van der Waals surface area contributed by atoms with Crippen molar-refractivity contribution in [2.45, 2.75) is 12.5 Å². The van der Waals surface area contributed by atoms with Crippen molar-refractivity contribution in [2.75, 3.05) is 0 Å². The molecule has 0 bridgehead atoms. The van der Waals surface area contributed by atoms with Gasteiger partial charge in [0, 0.05) is 6.20 Å². The van der Waals surface area contributed by atoms with Crippen LogP contribution in [0.5, 0.6) is 0 Å². The monoisotopic (exact) mass is 324 g/mol. The molecule has 0 fully saturated rings. The molecule has 2 heteroatoms. The highest BCUT2D eigenvalue weighted by molar-refractivity contribution is 5.50. The van der Waals surface area contributed by atoms with Crippen LogP contribution in [0.15, 0.2) is 103 Å². The van der Waals surface area contributed by atoms with Gasteiger partial charge in [0.2, 0.25) is 0 Å². The predicted molar refractivity (Wildman–Crippen MR) is 102 cm³/mol. The van der Waals surface area contributed by atoms with Crippen molar-refractivity contribution < 1.29 is 0 Å². The van der Waals surface area contributed by atoms with Gasteiger partial charge in [0.25, 0.3) is 0 Å². The van der Waals surface area contributed by atoms with Crippen LogP contribution in [-0.4, -0.2) is 9.78 Å². The van der Waals surface area contributed by atoms with Gasteiger partial charge in [0.15, 0.2) is 0 Å². The van der Waals surface area contributed by atoms with E-state index in [4.69, 9.17) is 5.10 Å². The first-order valence-electron chi connectivity index (χ1n) is 8.50. The third kappa shape index (κ3) is 2.56. The minimum atomic E-state index is -0.502. The first-order chi connectivity index (χ1) is 12.3. The van der Waals surface area contributed by atoms with E-state index in [0.29, 0.717) is 0 Å². The van der Waals surface area contributed by atoms with E-state index >= 15 is 0 Å². The molecule has 2 nitrogen and oxygen atoms in total. The summed E-state index contributed by atoms with van der Waals surface area (Å²) in [6, 6.07) is 31.8. The molecule has 0 amide bonds. The summed E-state index contributed by atoms with van der Waals surface area (Å²) in [4.78, 5) is 0. The number of aromatic nitrogens is 2. The van der Waals surface area contributed by atoms with Crippen molar-refractivity contribution in [3.63, 3.8) is 0 Å². The summed E-state index contributed by atoms with van der Waals surface area (Å²) in [5.74, 6) is 0. The maximum absolute atomic E-state index is 4.73. The minimum absolute atomic E-state index is 0.502. The molecule has 0 aliphatic rings. The fourth-order valence-corrected chi connectivity index (χ4v) is 3.53. The van der Waals surface area contributed by atoms with Crippen molar-refractivity contribution >= 4 is 0 Å². The lowest BCUT2D eigenvalue weighted by atomic mass is 9.77. The third-order valence-corrected chi connectivity index (χ3v) is 4.63. The molecular weight excluding hydrogens is 304 g/mol. The summed E-state index contributed by atoms with van der Waals surface area (Å²) in [6.45, 7) is 2.08. The van der Waals surface area contributed by atoms with Crippen molar-refractivity contribution in [3.05, 3.63) is 126 Å². The Kier molecular flexibility index (Phi) is 3.95. The smallest absolute Gasteiger partial charge is 0.137 e. The summed E-state index contributed by atoms with van der Waals surface area (Å²) in [6.07, 6.45) is 4.04. The van der Waals surface area contributed by atoms with Gasteiger partial charge < -0.3 is 0 Å². The molecule has 3 aromatic carbocycles. The largest absolute Gasteiger partial charge is 0.253 e. The van der Waals surface area contributed by atoms with Gasteiger partial charge in [-0.05, 0) is 29.2 Å². The first kappa shape index (κ1) is 15.4. The molecule has 0 spiro atoms. The Bertz CT molecular complexity index is 844. The quantitative estimate of drug-likeness (QED) is 0.481. The van der Waals surface area contributed by atoms with E-state index in [0.717, 1.165) is 5.56 Å². The van der Waals surface area contributed by atoms with Crippen LogP contribution in [0.2, 0.25) is 0 Å². The van der Waals surface area contributed by atoms with Crippen LogP contribution in [0.4, 0.5) is 0 Å². The van der Waals surface area contributed by atoms with Crippen molar-refractivity contribution in [1.82, 2.24) is 9.78 Å². The number of nitrogens with zero attached hydrogens (tertiary/aromatic N) is 2. The Labute approximate surface area is 148 Å². The van der Waals surface area contributed by atoms with Crippen LogP contribution < -0.4 is 0 Å². The molecule has 0 saturated carbocycles. The van der Waals surface area contributed by atoms with Crippen LogP contribution >= 0.6 is 0 Å². The van der Waals surface area contributed by atoms with Gasteiger partial charge in [-0.2, -0.15) is 5.10 Å². The Morgan fingerprint density at radius 3 is 1.36 bits per heavy atom. The van der Waals surface area contributed by atoms with E-state index in [2.05, 4.69) is 109 Å². The SMILES string of the molecule is Cc1cnn(C(c2ccccc2)(c2ccccc2)c2ccccc2)c1. The zero-order chi connectivity index (χ0) is 17.1. The molecule has 0 saturated heterocycles. The molecular formula is C23H20N2. The van der Waals surface area contributed by atoms with Gasteiger partial charge >= 0.3 is 0 Å². The van der Waals surface area contributed by atoms with Gasteiger partial charge in [0.1, 0.15) is 5.54 Å². The molecule has 0 radical (unpaired) electrons. The molecule has 4 aromatic rings. The van der Waals surface area contributed by atoms with Crippen molar-refractivity contribution in [3.8, 4) is 0 Å². The summed E-state index contributed by atoms with van der Waals surface area (Å²) >= 11 is 0. The highest BCUT2D eigenvalue weighted by atomic mass is 15.3. The average Bonchev–Trinajstić information content (AvgIpc) is 3.12. The molecule has 0 unspecified atom stereocenters.